The molecule has 9 heteroatoms. The number of hydrogen-bond donors (Lipinski definition) is 2. The van der Waals surface area contributed by atoms with E-state index < -0.39 is 5.91 Å². The highest BCUT2D eigenvalue weighted by atomic mass is 32.1. The number of amides is 2. The van der Waals surface area contributed by atoms with Crippen molar-refractivity contribution < 1.29 is 14.0 Å². The third-order valence-corrected chi connectivity index (χ3v) is 4.50. The van der Waals surface area contributed by atoms with Crippen LogP contribution in [0.25, 0.3) is 0 Å². The van der Waals surface area contributed by atoms with Crippen LogP contribution in [0.1, 0.15) is 26.9 Å². The zero-order chi connectivity index (χ0) is 19.1. The van der Waals surface area contributed by atoms with E-state index in [0.29, 0.717) is 23.7 Å². The molecular weight excluding hydrogens is 369 g/mol. The molecule has 0 fully saturated rings. The second-order valence-electron chi connectivity index (χ2n) is 5.56. The predicted octanol–water partition coefficient (Wildman–Crippen LogP) is 2.57. The van der Waals surface area contributed by atoms with Crippen molar-refractivity contribution in [3.8, 4) is 0 Å². The molecule has 0 spiro atoms. The highest BCUT2D eigenvalue weighted by Gasteiger charge is 2.14. The molecule has 2 aromatic heterocycles. The second kappa shape index (κ2) is 8.95. The van der Waals surface area contributed by atoms with E-state index >= 15 is 0 Å². The molecular formula is C18H16FN5O2S. The predicted molar refractivity (Wildman–Crippen MR) is 98.7 cm³/mol. The number of pyridine rings is 1. The van der Waals surface area contributed by atoms with E-state index in [1.807, 2.05) is 18.2 Å². The zero-order valence-corrected chi connectivity index (χ0v) is 15.0. The van der Waals surface area contributed by atoms with Gasteiger partial charge in [0.05, 0.1) is 12.2 Å². The molecule has 0 atom stereocenters. The van der Waals surface area contributed by atoms with Crippen LogP contribution in [0.4, 0.5) is 10.1 Å². The van der Waals surface area contributed by atoms with Gasteiger partial charge in [-0.25, -0.2) is 4.39 Å². The molecule has 3 rings (SSSR count). The molecule has 0 radical (unpaired) electrons. The molecule has 0 aliphatic heterocycles. The molecule has 2 N–H and O–H groups in total. The average molecular weight is 385 g/mol. The lowest BCUT2D eigenvalue weighted by Gasteiger charge is -2.03. The van der Waals surface area contributed by atoms with Gasteiger partial charge in [-0.1, -0.05) is 17.4 Å². The van der Waals surface area contributed by atoms with Crippen molar-refractivity contribution in [2.75, 3.05) is 5.32 Å². The number of halogens is 1. The Labute approximate surface area is 158 Å². The van der Waals surface area contributed by atoms with Crippen LogP contribution in [0, 0.1) is 5.82 Å². The van der Waals surface area contributed by atoms with Crippen LogP contribution in [0.3, 0.4) is 0 Å². The first-order chi connectivity index (χ1) is 13.1. The molecule has 7 nitrogen and oxygen atoms in total. The van der Waals surface area contributed by atoms with Crippen molar-refractivity contribution in [1.29, 1.82) is 0 Å². The fraction of sp³-hybridized carbons (Fsp3) is 0.167. The number of hydrogen-bond acceptors (Lipinski definition) is 6. The summed E-state index contributed by atoms with van der Waals surface area (Å²) >= 11 is 1.12. The lowest BCUT2D eigenvalue weighted by Crippen LogP contribution is -2.23. The van der Waals surface area contributed by atoms with Gasteiger partial charge >= 0.3 is 0 Å². The Kier molecular flexibility index (Phi) is 6.16. The fourth-order valence-electron chi connectivity index (χ4n) is 2.16. The quantitative estimate of drug-likeness (QED) is 0.652. The number of benzene rings is 1. The van der Waals surface area contributed by atoms with E-state index in [1.165, 1.54) is 24.3 Å². The van der Waals surface area contributed by atoms with Gasteiger partial charge in [-0.15, -0.1) is 10.2 Å². The van der Waals surface area contributed by atoms with Crippen LogP contribution in [0.2, 0.25) is 0 Å². The average Bonchev–Trinajstić information content (AvgIpc) is 3.16. The van der Waals surface area contributed by atoms with Crippen LogP contribution < -0.4 is 10.6 Å². The first-order valence-electron chi connectivity index (χ1n) is 8.16. The van der Waals surface area contributed by atoms with Crippen molar-refractivity contribution in [2.45, 2.75) is 19.4 Å². The van der Waals surface area contributed by atoms with Crippen molar-refractivity contribution in [3.63, 3.8) is 0 Å². The highest BCUT2D eigenvalue weighted by molar-refractivity contribution is 7.13. The molecule has 0 saturated carbocycles. The molecule has 0 saturated heterocycles. The standard InChI is InChI=1S/C18H16FN5O2S/c19-12-4-6-13(7-5-12)22-17(26)18-24-23-16(27-18)9-8-15(25)21-11-14-3-1-2-10-20-14/h1-7,10H,8-9,11H2,(H,21,25)(H,22,26). The number of rotatable bonds is 7. The van der Waals surface area contributed by atoms with Crippen molar-refractivity contribution >= 4 is 28.8 Å². The summed E-state index contributed by atoms with van der Waals surface area (Å²) < 4.78 is 12.9. The molecule has 2 amide bonds. The van der Waals surface area contributed by atoms with Crippen LogP contribution in [0.5, 0.6) is 0 Å². The Balaban J connectivity index is 1.46. The van der Waals surface area contributed by atoms with Crippen molar-refractivity contribution in [1.82, 2.24) is 20.5 Å². The SMILES string of the molecule is O=C(CCc1nnc(C(=O)Nc2ccc(F)cc2)s1)NCc1ccccn1. The number of nitrogens with one attached hydrogen (secondary N) is 2. The maximum atomic E-state index is 12.9. The van der Waals surface area contributed by atoms with Crippen LogP contribution in [-0.2, 0) is 17.8 Å². The maximum Gasteiger partial charge on any atom is 0.286 e. The van der Waals surface area contributed by atoms with E-state index in [0.717, 1.165) is 17.0 Å². The Morgan fingerprint density at radius 3 is 2.63 bits per heavy atom. The second-order valence-corrected chi connectivity index (χ2v) is 6.62. The largest absolute Gasteiger partial charge is 0.350 e. The Hall–Kier alpha value is -3.20. The number of carbonyl (C=O) groups excluding carboxylic acids is 2. The first-order valence-corrected chi connectivity index (χ1v) is 8.98. The van der Waals surface area contributed by atoms with Gasteiger partial charge in [-0.2, -0.15) is 0 Å². The highest BCUT2D eigenvalue weighted by Crippen LogP contribution is 2.15. The molecule has 1 aromatic carbocycles. The van der Waals surface area contributed by atoms with Gasteiger partial charge in [0.1, 0.15) is 10.8 Å². The summed E-state index contributed by atoms with van der Waals surface area (Å²) in [5.74, 6) is -0.939. The summed E-state index contributed by atoms with van der Waals surface area (Å²) in [6.07, 6.45) is 2.29. The summed E-state index contributed by atoms with van der Waals surface area (Å²) in [6.45, 7) is 0.362. The minimum Gasteiger partial charge on any atom is -0.350 e. The summed E-state index contributed by atoms with van der Waals surface area (Å²) in [4.78, 5) is 28.2. The van der Waals surface area contributed by atoms with E-state index in [-0.39, 0.29) is 23.2 Å². The van der Waals surface area contributed by atoms with Gasteiger partial charge in [0.2, 0.25) is 10.9 Å². The van der Waals surface area contributed by atoms with Crippen LogP contribution >= 0.6 is 11.3 Å². The molecule has 0 bridgehead atoms. The molecule has 2 heterocycles. The smallest absolute Gasteiger partial charge is 0.286 e. The van der Waals surface area contributed by atoms with E-state index in [9.17, 15) is 14.0 Å². The Morgan fingerprint density at radius 1 is 1.07 bits per heavy atom. The van der Waals surface area contributed by atoms with Crippen molar-refractivity contribution in [3.05, 3.63) is 70.2 Å². The number of anilines is 1. The summed E-state index contributed by atoms with van der Waals surface area (Å²) in [5, 5.41) is 14.0. The van der Waals surface area contributed by atoms with Gasteiger partial charge in [0, 0.05) is 24.7 Å². The Morgan fingerprint density at radius 2 is 1.89 bits per heavy atom. The molecule has 27 heavy (non-hydrogen) atoms. The topological polar surface area (TPSA) is 96.9 Å². The number of carbonyl (C=O) groups is 2. The number of nitrogens with zero attached hydrogens (tertiary/aromatic N) is 3. The summed E-state index contributed by atoms with van der Waals surface area (Å²) in [5.41, 5.74) is 1.24. The lowest BCUT2D eigenvalue weighted by molar-refractivity contribution is -0.121. The minimum atomic E-state index is -0.426. The molecule has 3 aromatic rings. The molecule has 0 unspecified atom stereocenters. The van der Waals surface area contributed by atoms with Gasteiger partial charge in [-0.05, 0) is 36.4 Å². The maximum absolute atomic E-state index is 12.9. The van der Waals surface area contributed by atoms with Gasteiger partial charge in [-0.3, -0.25) is 14.6 Å². The minimum absolute atomic E-state index is 0.131. The molecule has 0 aliphatic rings. The third kappa shape index (κ3) is 5.65. The Bertz CT molecular complexity index is 915. The first kappa shape index (κ1) is 18.6. The third-order valence-electron chi connectivity index (χ3n) is 3.52. The number of aromatic nitrogens is 3. The van der Waals surface area contributed by atoms with E-state index in [2.05, 4.69) is 25.8 Å². The lowest BCUT2D eigenvalue weighted by atomic mass is 10.3. The summed E-state index contributed by atoms with van der Waals surface area (Å²) in [7, 11) is 0. The summed E-state index contributed by atoms with van der Waals surface area (Å²) in [6, 6.07) is 10.9. The van der Waals surface area contributed by atoms with E-state index in [4.69, 9.17) is 0 Å². The van der Waals surface area contributed by atoms with Crippen LogP contribution in [-0.4, -0.2) is 27.0 Å². The van der Waals surface area contributed by atoms with E-state index in [1.54, 1.807) is 6.20 Å². The van der Waals surface area contributed by atoms with Crippen molar-refractivity contribution in [2.24, 2.45) is 0 Å². The zero-order valence-electron chi connectivity index (χ0n) is 14.2. The fourth-order valence-corrected chi connectivity index (χ4v) is 2.90. The molecule has 138 valence electrons. The van der Waals surface area contributed by atoms with Gasteiger partial charge < -0.3 is 10.6 Å². The van der Waals surface area contributed by atoms with Crippen LogP contribution in [0.15, 0.2) is 48.7 Å². The molecule has 0 aliphatic carbocycles. The monoisotopic (exact) mass is 385 g/mol. The number of aryl methyl sites for hydroxylation is 1. The van der Waals surface area contributed by atoms with Gasteiger partial charge in [0.25, 0.3) is 5.91 Å². The van der Waals surface area contributed by atoms with Gasteiger partial charge in [0.15, 0.2) is 0 Å². The normalized spacial score (nSPS) is 10.4.